The summed E-state index contributed by atoms with van der Waals surface area (Å²) in [6, 6.07) is 5.50. The molecule has 78 valence electrons. The zero-order valence-electron chi connectivity index (χ0n) is 8.66. The molecule has 3 heteroatoms. The van der Waals surface area contributed by atoms with Crippen LogP contribution in [0.3, 0.4) is 0 Å². The van der Waals surface area contributed by atoms with Crippen molar-refractivity contribution in [1.29, 1.82) is 0 Å². The van der Waals surface area contributed by atoms with Gasteiger partial charge in [-0.1, -0.05) is 13.0 Å². The van der Waals surface area contributed by atoms with Gasteiger partial charge in [-0.2, -0.15) is 4.99 Å². The van der Waals surface area contributed by atoms with Gasteiger partial charge in [0.15, 0.2) is 0 Å². The molecule has 1 aliphatic rings. The third kappa shape index (κ3) is 1.66. The van der Waals surface area contributed by atoms with E-state index in [1.807, 2.05) is 12.1 Å². The van der Waals surface area contributed by atoms with E-state index < -0.39 is 5.54 Å². The second-order valence-corrected chi connectivity index (χ2v) is 3.94. The number of hydrogen-bond acceptors (Lipinski definition) is 3. The second kappa shape index (κ2) is 3.52. The molecule has 1 aromatic rings. The van der Waals surface area contributed by atoms with Crippen molar-refractivity contribution in [3.05, 3.63) is 29.3 Å². The SMILES string of the molecule is CCc1ccc(O)c(C2(N=C=O)CC2)c1. The van der Waals surface area contributed by atoms with E-state index in [4.69, 9.17) is 0 Å². The van der Waals surface area contributed by atoms with Gasteiger partial charge < -0.3 is 5.11 Å². The number of rotatable bonds is 3. The van der Waals surface area contributed by atoms with E-state index in [0.29, 0.717) is 0 Å². The highest BCUT2D eigenvalue weighted by Gasteiger charge is 2.46. The van der Waals surface area contributed by atoms with Crippen molar-refractivity contribution in [3.63, 3.8) is 0 Å². The molecule has 0 saturated heterocycles. The van der Waals surface area contributed by atoms with E-state index in [1.54, 1.807) is 12.1 Å². The van der Waals surface area contributed by atoms with Crippen LogP contribution in [0.1, 0.15) is 30.9 Å². The average molecular weight is 203 g/mol. The van der Waals surface area contributed by atoms with E-state index in [1.165, 1.54) is 0 Å². The number of nitrogens with zero attached hydrogens (tertiary/aromatic N) is 1. The molecule has 0 aromatic heterocycles. The Hall–Kier alpha value is -1.60. The van der Waals surface area contributed by atoms with E-state index in [-0.39, 0.29) is 5.75 Å². The molecule has 0 aliphatic heterocycles. The van der Waals surface area contributed by atoms with Gasteiger partial charge in [-0.05, 0) is 37.0 Å². The number of hydrogen-bond donors (Lipinski definition) is 1. The maximum absolute atomic E-state index is 10.3. The van der Waals surface area contributed by atoms with Gasteiger partial charge in [-0.25, -0.2) is 4.79 Å². The Labute approximate surface area is 88.5 Å². The predicted octanol–water partition coefficient (Wildman–Crippen LogP) is 2.28. The molecular weight excluding hydrogens is 190 g/mol. The summed E-state index contributed by atoms with van der Waals surface area (Å²) in [6.45, 7) is 2.05. The lowest BCUT2D eigenvalue weighted by atomic mass is 10.0. The fourth-order valence-corrected chi connectivity index (χ4v) is 1.82. The maximum Gasteiger partial charge on any atom is 0.235 e. The van der Waals surface area contributed by atoms with Gasteiger partial charge in [0.25, 0.3) is 0 Å². The number of phenols is 1. The summed E-state index contributed by atoms with van der Waals surface area (Å²) >= 11 is 0. The maximum atomic E-state index is 10.3. The summed E-state index contributed by atoms with van der Waals surface area (Å²) < 4.78 is 0. The van der Waals surface area contributed by atoms with Crippen molar-refractivity contribution >= 4 is 6.08 Å². The van der Waals surface area contributed by atoms with Crippen molar-refractivity contribution in [2.45, 2.75) is 31.7 Å². The molecule has 1 fully saturated rings. The molecule has 0 spiro atoms. The highest BCUT2D eigenvalue weighted by molar-refractivity contribution is 5.48. The highest BCUT2D eigenvalue weighted by atomic mass is 16.3. The minimum Gasteiger partial charge on any atom is -0.508 e. The number of isocyanates is 1. The van der Waals surface area contributed by atoms with Crippen LogP contribution in [0.4, 0.5) is 0 Å². The van der Waals surface area contributed by atoms with Crippen molar-refractivity contribution in [1.82, 2.24) is 0 Å². The summed E-state index contributed by atoms with van der Waals surface area (Å²) in [5.41, 5.74) is 1.44. The molecule has 0 bridgehead atoms. The van der Waals surface area contributed by atoms with E-state index in [0.717, 1.165) is 30.4 Å². The lowest BCUT2D eigenvalue weighted by Gasteiger charge is -2.11. The van der Waals surface area contributed by atoms with Crippen LogP contribution in [0.15, 0.2) is 23.2 Å². The summed E-state index contributed by atoms with van der Waals surface area (Å²) in [5, 5.41) is 9.74. The van der Waals surface area contributed by atoms with E-state index in [9.17, 15) is 9.90 Å². The fourth-order valence-electron chi connectivity index (χ4n) is 1.82. The first-order chi connectivity index (χ1) is 7.22. The summed E-state index contributed by atoms with van der Waals surface area (Å²) in [4.78, 5) is 14.1. The van der Waals surface area contributed by atoms with E-state index in [2.05, 4.69) is 11.9 Å². The van der Waals surface area contributed by atoms with Gasteiger partial charge >= 0.3 is 0 Å². The lowest BCUT2D eigenvalue weighted by Crippen LogP contribution is -2.03. The number of benzene rings is 1. The van der Waals surface area contributed by atoms with Gasteiger partial charge in [0.1, 0.15) is 11.3 Å². The van der Waals surface area contributed by atoms with E-state index >= 15 is 0 Å². The standard InChI is InChI=1S/C12H13NO2/c1-2-9-3-4-11(15)10(7-9)12(5-6-12)13-8-14/h3-4,7,15H,2,5-6H2,1H3. The Morgan fingerprint density at radius 3 is 2.80 bits per heavy atom. The summed E-state index contributed by atoms with van der Waals surface area (Å²) in [5.74, 6) is 0.226. The molecule has 3 nitrogen and oxygen atoms in total. The van der Waals surface area contributed by atoms with Crippen LogP contribution >= 0.6 is 0 Å². The largest absolute Gasteiger partial charge is 0.508 e. The molecule has 0 radical (unpaired) electrons. The predicted molar refractivity (Wildman–Crippen MR) is 56.5 cm³/mol. The van der Waals surface area contributed by atoms with Crippen molar-refractivity contribution in [2.75, 3.05) is 0 Å². The molecule has 1 aromatic carbocycles. The van der Waals surface area contributed by atoms with Crippen LogP contribution in [0.25, 0.3) is 0 Å². The van der Waals surface area contributed by atoms with Crippen molar-refractivity contribution < 1.29 is 9.90 Å². The average Bonchev–Trinajstić information content (AvgIpc) is 3.00. The first-order valence-electron chi connectivity index (χ1n) is 5.13. The van der Waals surface area contributed by atoms with Crippen LogP contribution in [-0.4, -0.2) is 11.2 Å². The van der Waals surface area contributed by atoms with Gasteiger partial charge in [0.05, 0.1) is 0 Å². The van der Waals surface area contributed by atoms with Crippen LogP contribution in [-0.2, 0) is 16.8 Å². The van der Waals surface area contributed by atoms with Gasteiger partial charge in [-0.15, -0.1) is 0 Å². The zero-order chi connectivity index (χ0) is 10.9. The second-order valence-electron chi connectivity index (χ2n) is 3.94. The number of aromatic hydroxyl groups is 1. The zero-order valence-corrected chi connectivity index (χ0v) is 8.66. The third-order valence-electron chi connectivity index (χ3n) is 2.95. The van der Waals surface area contributed by atoms with Crippen LogP contribution in [0, 0.1) is 0 Å². The quantitative estimate of drug-likeness (QED) is 0.605. The Bertz CT molecular complexity index is 429. The molecule has 1 saturated carbocycles. The smallest absolute Gasteiger partial charge is 0.235 e. The number of aryl methyl sites for hydroxylation is 1. The molecule has 0 atom stereocenters. The monoisotopic (exact) mass is 203 g/mol. The van der Waals surface area contributed by atoms with Gasteiger partial charge in [0, 0.05) is 5.56 Å². The number of phenolic OH excluding ortho intramolecular Hbond substituents is 1. The summed E-state index contributed by atoms with van der Waals surface area (Å²) in [7, 11) is 0. The fraction of sp³-hybridized carbons (Fsp3) is 0.417. The van der Waals surface area contributed by atoms with Gasteiger partial charge in [-0.3, -0.25) is 0 Å². The minimum atomic E-state index is -0.475. The summed E-state index contributed by atoms with van der Waals surface area (Å²) in [6.07, 6.45) is 4.15. The molecule has 1 N–H and O–H groups in total. The van der Waals surface area contributed by atoms with Gasteiger partial charge in [0.2, 0.25) is 6.08 Å². The Morgan fingerprint density at radius 1 is 1.53 bits per heavy atom. The molecule has 0 unspecified atom stereocenters. The Kier molecular flexibility index (Phi) is 2.33. The molecule has 0 amide bonds. The molecule has 2 rings (SSSR count). The lowest BCUT2D eigenvalue weighted by molar-refractivity contribution is 0.459. The molecule has 1 aliphatic carbocycles. The normalized spacial score (nSPS) is 16.9. The van der Waals surface area contributed by atoms with Crippen LogP contribution < -0.4 is 0 Å². The highest BCUT2D eigenvalue weighted by Crippen LogP contribution is 2.52. The van der Waals surface area contributed by atoms with Crippen molar-refractivity contribution in [3.8, 4) is 5.75 Å². The molecule has 0 heterocycles. The van der Waals surface area contributed by atoms with Crippen LogP contribution in [0.5, 0.6) is 5.75 Å². The Morgan fingerprint density at radius 2 is 2.27 bits per heavy atom. The third-order valence-corrected chi connectivity index (χ3v) is 2.95. The number of carbonyl (C=O) groups excluding carboxylic acids is 1. The Balaban J connectivity index is 2.47. The van der Waals surface area contributed by atoms with Crippen molar-refractivity contribution in [2.24, 2.45) is 4.99 Å². The first-order valence-corrected chi connectivity index (χ1v) is 5.13. The number of aliphatic imine (C=N–C) groups is 1. The van der Waals surface area contributed by atoms with Crippen LogP contribution in [0.2, 0.25) is 0 Å². The molecular formula is C12H13NO2. The first kappa shape index (κ1) is 9.94. The molecule has 15 heavy (non-hydrogen) atoms. The minimum absolute atomic E-state index is 0.226. The topological polar surface area (TPSA) is 49.7 Å².